The van der Waals surface area contributed by atoms with Gasteiger partial charge in [-0.1, -0.05) is 15.9 Å². The lowest BCUT2D eigenvalue weighted by atomic mass is 10.1. The topological polar surface area (TPSA) is 26.3 Å². The number of rotatable bonds is 1. The highest BCUT2D eigenvalue weighted by Crippen LogP contribution is 2.26. The first-order valence-electron chi connectivity index (χ1n) is 5.01. The normalized spacial score (nSPS) is 11.5. The van der Waals surface area contributed by atoms with Gasteiger partial charge in [-0.2, -0.15) is 0 Å². The molecule has 0 saturated heterocycles. The monoisotopic (exact) mass is 306 g/mol. The van der Waals surface area contributed by atoms with Gasteiger partial charge in [0, 0.05) is 4.47 Å². The molecule has 0 atom stereocenters. The van der Waals surface area contributed by atoms with E-state index in [-0.39, 0.29) is 5.56 Å². The van der Waals surface area contributed by atoms with Crippen LogP contribution in [0.25, 0.3) is 0 Å². The third-order valence-corrected chi connectivity index (χ3v) is 2.84. The van der Waals surface area contributed by atoms with Crippen molar-refractivity contribution in [3.63, 3.8) is 0 Å². The molecule has 0 bridgehead atoms. The van der Waals surface area contributed by atoms with Crippen molar-refractivity contribution in [1.82, 2.24) is 0 Å². The molecular formula is C12H13BrF2O2. The summed E-state index contributed by atoms with van der Waals surface area (Å²) in [6.07, 6.45) is 0. The molecule has 1 rings (SSSR count). The third-order valence-electron chi connectivity index (χ3n) is 2.02. The second kappa shape index (κ2) is 4.72. The van der Waals surface area contributed by atoms with Crippen LogP contribution in [0.2, 0.25) is 0 Å². The summed E-state index contributed by atoms with van der Waals surface area (Å²) in [5, 5.41) is 0. The number of hydrogen-bond acceptors (Lipinski definition) is 2. The van der Waals surface area contributed by atoms with Crippen LogP contribution in [0, 0.1) is 18.6 Å². The van der Waals surface area contributed by atoms with Crippen molar-refractivity contribution in [2.75, 3.05) is 0 Å². The Morgan fingerprint density at radius 3 is 2.35 bits per heavy atom. The van der Waals surface area contributed by atoms with E-state index in [1.54, 1.807) is 20.8 Å². The van der Waals surface area contributed by atoms with Crippen molar-refractivity contribution in [1.29, 1.82) is 0 Å². The van der Waals surface area contributed by atoms with Gasteiger partial charge >= 0.3 is 5.97 Å². The lowest BCUT2D eigenvalue weighted by Gasteiger charge is -2.20. The predicted octanol–water partition coefficient (Wildman–Crippen LogP) is 3.99. The first kappa shape index (κ1) is 14.1. The summed E-state index contributed by atoms with van der Waals surface area (Å²) >= 11 is 3.06. The first-order chi connectivity index (χ1) is 7.63. The lowest BCUT2D eigenvalue weighted by Crippen LogP contribution is -2.25. The number of ether oxygens (including phenoxy) is 1. The van der Waals surface area contributed by atoms with Gasteiger partial charge in [-0.3, -0.25) is 0 Å². The maximum absolute atomic E-state index is 13.6. The molecule has 1 aromatic carbocycles. The molecule has 1 aromatic rings. The molecular weight excluding hydrogens is 294 g/mol. The van der Waals surface area contributed by atoms with Crippen LogP contribution in [0.5, 0.6) is 0 Å². The number of halogens is 3. The molecule has 0 amide bonds. The Balaban J connectivity index is 3.27. The molecule has 2 nitrogen and oxygen atoms in total. The molecule has 0 aliphatic rings. The van der Waals surface area contributed by atoms with Crippen molar-refractivity contribution in [3.05, 3.63) is 33.3 Å². The van der Waals surface area contributed by atoms with Crippen molar-refractivity contribution in [3.8, 4) is 0 Å². The van der Waals surface area contributed by atoms with Crippen LogP contribution in [-0.2, 0) is 4.74 Å². The number of carbonyl (C=O) groups excluding carboxylic acids is 1. The van der Waals surface area contributed by atoms with E-state index in [1.807, 2.05) is 0 Å². The average molecular weight is 307 g/mol. The molecule has 0 aliphatic heterocycles. The van der Waals surface area contributed by atoms with Crippen LogP contribution >= 0.6 is 15.9 Å². The Labute approximate surface area is 107 Å². The van der Waals surface area contributed by atoms with Crippen LogP contribution in [0.4, 0.5) is 8.78 Å². The minimum Gasteiger partial charge on any atom is -0.456 e. The molecule has 0 saturated carbocycles. The molecule has 0 unspecified atom stereocenters. The Hall–Kier alpha value is -0.970. The van der Waals surface area contributed by atoms with E-state index in [4.69, 9.17) is 4.74 Å². The zero-order chi connectivity index (χ0) is 13.4. The molecule has 17 heavy (non-hydrogen) atoms. The molecule has 0 heterocycles. The molecule has 94 valence electrons. The van der Waals surface area contributed by atoms with Gasteiger partial charge in [0.05, 0.1) is 0 Å². The Kier molecular flexibility index (Phi) is 3.91. The molecule has 0 radical (unpaired) electrons. The fraction of sp³-hybridized carbons (Fsp3) is 0.417. The molecule has 0 fully saturated rings. The van der Waals surface area contributed by atoms with E-state index < -0.39 is 23.2 Å². The van der Waals surface area contributed by atoms with Gasteiger partial charge in [0.2, 0.25) is 0 Å². The number of hydrogen-bond donors (Lipinski definition) is 0. The van der Waals surface area contributed by atoms with E-state index in [0.717, 1.165) is 6.07 Å². The Bertz CT molecular complexity index is 438. The van der Waals surface area contributed by atoms with Crippen LogP contribution in [0.15, 0.2) is 10.5 Å². The molecule has 0 N–H and O–H groups in total. The highest BCUT2D eigenvalue weighted by Gasteiger charge is 2.25. The molecule has 0 spiro atoms. The van der Waals surface area contributed by atoms with Gasteiger partial charge in [-0.15, -0.1) is 0 Å². The number of benzene rings is 1. The summed E-state index contributed by atoms with van der Waals surface area (Å²) in [6, 6.07) is 0.985. The predicted molar refractivity (Wildman–Crippen MR) is 64.0 cm³/mol. The van der Waals surface area contributed by atoms with Gasteiger partial charge in [-0.25, -0.2) is 13.6 Å². The quantitative estimate of drug-likeness (QED) is 0.579. The minimum absolute atomic E-state index is 0.318. The number of carbonyl (C=O) groups is 1. The van der Waals surface area contributed by atoms with Gasteiger partial charge in [0.25, 0.3) is 0 Å². The van der Waals surface area contributed by atoms with Crippen molar-refractivity contribution in [2.45, 2.75) is 33.3 Å². The molecule has 0 aromatic heterocycles. The molecule has 0 aliphatic carbocycles. The van der Waals surface area contributed by atoms with Gasteiger partial charge in [0.1, 0.15) is 11.2 Å². The van der Waals surface area contributed by atoms with E-state index in [1.165, 1.54) is 6.92 Å². The maximum Gasteiger partial charge on any atom is 0.342 e. The Morgan fingerprint density at radius 1 is 1.35 bits per heavy atom. The van der Waals surface area contributed by atoms with Crippen molar-refractivity contribution in [2.24, 2.45) is 0 Å². The van der Waals surface area contributed by atoms with E-state index in [2.05, 4.69) is 15.9 Å². The third kappa shape index (κ3) is 3.25. The summed E-state index contributed by atoms with van der Waals surface area (Å²) in [4.78, 5) is 11.8. The lowest BCUT2D eigenvalue weighted by molar-refractivity contribution is 0.00627. The average Bonchev–Trinajstić information content (AvgIpc) is 2.12. The van der Waals surface area contributed by atoms with Gasteiger partial charge in [-0.05, 0) is 39.3 Å². The van der Waals surface area contributed by atoms with Crippen LogP contribution < -0.4 is 0 Å². The zero-order valence-electron chi connectivity index (χ0n) is 10.0. The summed E-state index contributed by atoms with van der Waals surface area (Å²) in [5.41, 5.74) is -0.806. The number of esters is 1. The zero-order valence-corrected chi connectivity index (χ0v) is 11.6. The summed E-state index contributed by atoms with van der Waals surface area (Å²) in [7, 11) is 0. The summed E-state index contributed by atoms with van der Waals surface area (Å²) in [5.74, 6) is -3.13. The SMILES string of the molecule is Cc1c(Br)cc(F)c(F)c1C(=O)OC(C)(C)C. The first-order valence-corrected chi connectivity index (χ1v) is 5.80. The van der Waals surface area contributed by atoms with Crippen LogP contribution in [0.1, 0.15) is 36.7 Å². The van der Waals surface area contributed by atoms with E-state index >= 15 is 0 Å². The maximum atomic E-state index is 13.6. The highest BCUT2D eigenvalue weighted by atomic mass is 79.9. The summed E-state index contributed by atoms with van der Waals surface area (Å²) < 4.78 is 32.1. The summed E-state index contributed by atoms with van der Waals surface area (Å²) in [6.45, 7) is 6.50. The molecule has 5 heteroatoms. The van der Waals surface area contributed by atoms with E-state index in [9.17, 15) is 13.6 Å². The van der Waals surface area contributed by atoms with Crippen molar-refractivity contribution < 1.29 is 18.3 Å². The second-order valence-electron chi connectivity index (χ2n) is 4.66. The minimum atomic E-state index is -1.18. The van der Waals surface area contributed by atoms with Crippen molar-refractivity contribution >= 4 is 21.9 Å². The fourth-order valence-corrected chi connectivity index (χ4v) is 1.66. The van der Waals surface area contributed by atoms with Gasteiger partial charge in [0.15, 0.2) is 11.6 Å². The fourth-order valence-electron chi connectivity index (χ4n) is 1.26. The smallest absolute Gasteiger partial charge is 0.342 e. The van der Waals surface area contributed by atoms with Crippen LogP contribution in [-0.4, -0.2) is 11.6 Å². The standard InChI is InChI=1S/C12H13BrF2O2/c1-6-7(13)5-8(14)10(15)9(6)11(16)17-12(2,3)4/h5H,1-4H3. The Morgan fingerprint density at radius 2 is 1.88 bits per heavy atom. The highest BCUT2D eigenvalue weighted by molar-refractivity contribution is 9.10. The van der Waals surface area contributed by atoms with E-state index in [0.29, 0.717) is 10.0 Å². The van der Waals surface area contributed by atoms with Crippen LogP contribution in [0.3, 0.4) is 0 Å². The second-order valence-corrected chi connectivity index (χ2v) is 5.51. The largest absolute Gasteiger partial charge is 0.456 e. The van der Waals surface area contributed by atoms with Gasteiger partial charge < -0.3 is 4.74 Å².